The molecule has 1 aliphatic rings. The van der Waals surface area contributed by atoms with Gasteiger partial charge in [-0.2, -0.15) is 0 Å². The molecule has 1 saturated heterocycles. The van der Waals surface area contributed by atoms with Crippen molar-refractivity contribution in [2.24, 2.45) is 0 Å². The Bertz CT molecular complexity index is 383. The van der Waals surface area contributed by atoms with Gasteiger partial charge in [-0.25, -0.2) is 0 Å². The van der Waals surface area contributed by atoms with Gasteiger partial charge < -0.3 is 10.2 Å². The second kappa shape index (κ2) is 6.56. The third-order valence-corrected chi connectivity index (χ3v) is 3.57. The van der Waals surface area contributed by atoms with Crippen LogP contribution in [0.3, 0.4) is 0 Å². The first kappa shape index (κ1) is 14.7. The summed E-state index contributed by atoms with van der Waals surface area (Å²) in [6.07, 6.45) is 0. The van der Waals surface area contributed by atoms with E-state index in [1.54, 1.807) is 0 Å². The molecule has 0 spiro atoms. The van der Waals surface area contributed by atoms with Crippen LogP contribution < -0.4 is 5.32 Å². The van der Waals surface area contributed by atoms with Crippen molar-refractivity contribution in [2.45, 2.75) is 13.0 Å². The highest BCUT2D eigenvalue weighted by Crippen LogP contribution is 2.12. The van der Waals surface area contributed by atoms with E-state index in [9.17, 15) is 4.79 Å². The highest BCUT2D eigenvalue weighted by Gasteiger charge is 2.23. The molecule has 0 saturated carbocycles. The number of hydrogen-bond donors (Lipinski definition) is 1. The predicted octanol–water partition coefficient (Wildman–Crippen LogP) is 2.15. The molecule has 1 aromatic carbocycles. The lowest BCUT2D eigenvalue weighted by molar-refractivity contribution is 0.0656. The molecule has 0 unspecified atom stereocenters. The summed E-state index contributed by atoms with van der Waals surface area (Å²) < 4.78 is 1.16. The molecule has 1 N–H and O–H groups in total. The van der Waals surface area contributed by atoms with Crippen molar-refractivity contribution >= 4 is 40.9 Å². The summed E-state index contributed by atoms with van der Waals surface area (Å²) in [5, 5.41) is 3.28. The van der Waals surface area contributed by atoms with Gasteiger partial charge in [-0.1, -0.05) is 0 Å². The van der Waals surface area contributed by atoms with Crippen LogP contribution in [-0.4, -0.2) is 36.5 Å². The fourth-order valence-corrected chi connectivity index (χ4v) is 2.26. The third kappa shape index (κ3) is 3.56. The Morgan fingerprint density at radius 1 is 1.41 bits per heavy atom. The van der Waals surface area contributed by atoms with E-state index in [2.05, 4.69) is 34.8 Å². The molecule has 17 heavy (non-hydrogen) atoms. The molecule has 1 heterocycles. The summed E-state index contributed by atoms with van der Waals surface area (Å²) in [6, 6.07) is 8.03. The Labute approximate surface area is 122 Å². The van der Waals surface area contributed by atoms with Crippen LogP contribution >= 0.6 is 35.0 Å². The number of nitrogens with zero attached hydrogens (tertiary/aromatic N) is 1. The van der Waals surface area contributed by atoms with Crippen LogP contribution in [0.1, 0.15) is 17.3 Å². The number of piperazine rings is 1. The molecule has 1 amide bonds. The molecular formula is C12H16ClIN2O. The van der Waals surface area contributed by atoms with Gasteiger partial charge in [0.2, 0.25) is 0 Å². The number of benzene rings is 1. The molecule has 3 nitrogen and oxygen atoms in total. The summed E-state index contributed by atoms with van der Waals surface area (Å²) in [5.74, 6) is 0.144. The van der Waals surface area contributed by atoms with Gasteiger partial charge in [-0.15, -0.1) is 12.4 Å². The largest absolute Gasteiger partial charge is 0.333 e. The molecule has 1 atom stereocenters. The summed E-state index contributed by atoms with van der Waals surface area (Å²) in [7, 11) is 0. The lowest BCUT2D eigenvalue weighted by Crippen LogP contribution is -2.52. The van der Waals surface area contributed by atoms with E-state index in [0.29, 0.717) is 0 Å². The number of carbonyl (C=O) groups excluding carboxylic acids is 1. The van der Waals surface area contributed by atoms with E-state index in [4.69, 9.17) is 0 Å². The highest BCUT2D eigenvalue weighted by molar-refractivity contribution is 14.1. The lowest BCUT2D eigenvalue weighted by atomic mass is 10.1. The zero-order chi connectivity index (χ0) is 11.5. The molecule has 0 bridgehead atoms. The maximum Gasteiger partial charge on any atom is 0.254 e. The van der Waals surface area contributed by atoms with Gasteiger partial charge in [-0.3, -0.25) is 4.79 Å². The number of rotatable bonds is 1. The first-order chi connectivity index (χ1) is 7.68. The smallest absolute Gasteiger partial charge is 0.254 e. The highest BCUT2D eigenvalue weighted by atomic mass is 127. The molecule has 94 valence electrons. The minimum Gasteiger partial charge on any atom is -0.333 e. The topological polar surface area (TPSA) is 32.3 Å². The molecule has 0 aliphatic carbocycles. The summed E-state index contributed by atoms with van der Waals surface area (Å²) in [4.78, 5) is 14.2. The molecule has 1 aliphatic heterocycles. The summed E-state index contributed by atoms with van der Waals surface area (Å²) in [5.41, 5.74) is 0.786. The maximum atomic E-state index is 12.2. The van der Waals surface area contributed by atoms with Crippen LogP contribution in [0.25, 0.3) is 0 Å². The normalized spacial score (nSPS) is 19.6. The Morgan fingerprint density at radius 2 is 2.06 bits per heavy atom. The van der Waals surface area contributed by atoms with Gasteiger partial charge in [0.05, 0.1) is 0 Å². The van der Waals surface area contributed by atoms with E-state index in [-0.39, 0.29) is 24.4 Å². The van der Waals surface area contributed by atoms with Gasteiger partial charge >= 0.3 is 0 Å². The lowest BCUT2D eigenvalue weighted by Gasteiger charge is -2.34. The fourth-order valence-electron chi connectivity index (χ4n) is 1.90. The molecule has 1 fully saturated rings. The molecule has 2 rings (SSSR count). The number of amides is 1. The Morgan fingerprint density at radius 3 is 2.65 bits per heavy atom. The number of hydrogen-bond acceptors (Lipinski definition) is 2. The van der Waals surface area contributed by atoms with Crippen molar-refractivity contribution in [1.82, 2.24) is 10.2 Å². The van der Waals surface area contributed by atoms with E-state index in [0.717, 1.165) is 28.8 Å². The van der Waals surface area contributed by atoms with Crippen LogP contribution in [0.2, 0.25) is 0 Å². The van der Waals surface area contributed by atoms with Gasteiger partial charge in [-0.05, 0) is 53.8 Å². The SMILES string of the molecule is C[C@H]1CNCCN1C(=O)c1ccc(I)cc1.Cl. The zero-order valence-corrected chi connectivity index (χ0v) is 12.6. The van der Waals surface area contributed by atoms with Crippen molar-refractivity contribution in [3.8, 4) is 0 Å². The van der Waals surface area contributed by atoms with Crippen LogP contribution in [-0.2, 0) is 0 Å². The quantitative estimate of drug-likeness (QED) is 0.773. The Balaban J connectivity index is 0.00000144. The fraction of sp³-hybridized carbons (Fsp3) is 0.417. The second-order valence-electron chi connectivity index (χ2n) is 4.06. The van der Waals surface area contributed by atoms with E-state index >= 15 is 0 Å². The third-order valence-electron chi connectivity index (χ3n) is 2.85. The number of nitrogens with one attached hydrogen (secondary N) is 1. The van der Waals surface area contributed by atoms with Crippen molar-refractivity contribution in [3.63, 3.8) is 0 Å². The van der Waals surface area contributed by atoms with Crippen LogP contribution in [0.15, 0.2) is 24.3 Å². The van der Waals surface area contributed by atoms with Gasteiger partial charge in [0.1, 0.15) is 0 Å². The van der Waals surface area contributed by atoms with E-state index in [1.807, 2.05) is 29.2 Å². The van der Waals surface area contributed by atoms with E-state index < -0.39 is 0 Å². The maximum absolute atomic E-state index is 12.2. The average molecular weight is 367 g/mol. The van der Waals surface area contributed by atoms with E-state index in [1.165, 1.54) is 0 Å². The average Bonchev–Trinajstić information content (AvgIpc) is 2.30. The molecule has 5 heteroatoms. The summed E-state index contributed by atoms with van der Waals surface area (Å²) in [6.45, 7) is 4.65. The van der Waals surface area contributed by atoms with Crippen molar-refractivity contribution in [1.29, 1.82) is 0 Å². The van der Waals surface area contributed by atoms with Crippen molar-refractivity contribution in [2.75, 3.05) is 19.6 Å². The van der Waals surface area contributed by atoms with Crippen LogP contribution in [0.5, 0.6) is 0 Å². The predicted molar refractivity (Wildman–Crippen MR) is 79.8 cm³/mol. The van der Waals surface area contributed by atoms with Crippen LogP contribution in [0.4, 0.5) is 0 Å². The van der Waals surface area contributed by atoms with Crippen molar-refractivity contribution in [3.05, 3.63) is 33.4 Å². The standard InChI is InChI=1S/C12H15IN2O.ClH/c1-9-8-14-6-7-15(9)12(16)10-2-4-11(13)5-3-10;/h2-5,9,14H,6-8H2,1H3;1H/t9-;/m0./s1. The van der Waals surface area contributed by atoms with Crippen molar-refractivity contribution < 1.29 is 4.79 Å². The van der Waals surface area contributed by atoms with Gasteiger partial charge in [0, 0.05) is 34.8 Å². The Hall–Kier alpha value is -0.330. The molecular weight excluding hydrogens is 351 g/mol. The monoisotopic (exact) mass is 366 g/mol. The van der Waals surface area contributed by atoms with Crippen LogP contribution in [0, 0.1) is 3.57 Å². The first-order valence-corrected chi connectivity index (χ1v) is 6.53. The summed E-state index contributed by atoms with van der Waals surface area (Å²) >= 11 is 2.24. The van der Waals surface area contributed by atoms with Gasteiger partial charge in [0.25, 0.3) is 5.91 Å². The second-order valence-corrected chi connectivity index (χ2v) is 5.30. The minimum atomic E-state index is 0. The first-order valence-electron chi connectivity index (χ1n) is 5.46. The molecule has 0 radical (unpaired) electrons. The Kier molecular flexibility index (Phi) is 5.69. The zero-order valence-electron chi connectivity index (χ0n) is 9.65. The minimum absolute atomic E-state index is 0. The number of carbonyl (C=O) groups is 1. The molecule has 1 aromatic rings. The molecule has 0 aromatic heterocycles. The van der Waals surface area contributed by atoms with Gasteiger partial charge in [0.15, 0.2) is 0 Å². The number of halogens is 2.